The molecule has 10 heteroatoms. The fraction of sp³-hybridized carbons (Fsp3) is 0.200. The fourth-order valence-corrected chi connectivity index (χ4v) is 1.93. The summed E-state index contributed by atoms with van der Waals surface area (Å²) >= 11 is 0. The number of nitrogens with zero attached hydrogens (tertiary/aromatic N) is 2. The van der Waals surface area contributed by atoms with E-state index in [-0.39, 0.29) is 5.82 Å². The fourth-order valence-electron chi connectivity index (χ4n) is 1.93. The molecule has 1 aromatic carbocycles. The van der Waals surface area contributed by atoms with E-state index in [1.54, 1.807) is 0 Å². The van der Waals surface area contributed by atoms with Gasteiger partial charge in [0.1, 0.15) is 23.0 Å². The molecule has 8 nitrogen and oxygen atoms in total. The van der Waals surface area contributed by atoms with Gasteiger partial charge in [0.15, 0.2) is 6.61 Å². The van der Waals surface area contributed by atoms with Gasteiger partial charge in [-0.2, -0.15) is 0 Å². The number of carbonyl (C=O) groups is 2. The van der Waals surface area contributed by atoms with Crippen LogP contribution in [0.5, 0.6) is 0 Å². The number of hydrogen-bond donors (Lipinski definition) is 1. The molecule has 0 aliphatic heterocycles. The zero-order chi connectivity index (χ0) is 18.7. The molecule has 0 aliphatic carbocycles. The summed E-state index contributed by atoms with van der Waals surface area (Å²) in [7, 11) is 2.58. The van der Waals surface area contributed by atoms with Crippen molar-refractivity contribution < 1.29 is 23.1 Å². The summed E-state index contributed by atoms with van der Waals surface area (Å²) in [6, 6.07) is 3.81. The van der Waals surface area contributed by atoms with Crippen LogP contribution >= 0.6 is 0 Å². The first-order valence-electron chi connectivity index (χ1n) is 6.90. The van der Waals surface area contributed by atoms with Crippen molar-refractivity contribution >= 4 is 17.7 Å². The van der Waals surface area contributed by atoms with E-state index in [1.165, 1.54) is 14.1 Å². The normalized spacial score (nSPS) is 10.4. The van der Waals surface area contributed by atoms with E-state index in [2.05, 4.69) is 10.1 Å². The molecule has 0 fully saturated rings. The average molecular weight is 353 g/mol. The lowest BCUT2D eigenvalue weighted by Crippen LogP contribution is -2.38. The number of hydrogen-bond acceptors (Lipinski definition) is 5. The molecule has 0 aliphatic rings. The van der Waals surface area contributed by atoms with E-state index < -0.39 is 46.9 Å². The molecular formula is C15H13F2N3O5. The highest BCUT2D eigenvalue weighted by Gasteiger charge is 2.20. The quantitative estimate of drug-likeness (QED) is 0.790. The van der Waals surface area contributed by atoms with Gasteiger partial charge < -0.3 is 10.1 Å². The van der Waals surface area contributed by atoms with Crippen molar-refractivity contribution in [3.63, 3.8) is 0 Å². The molecule has 0 unspecified atom stereocenters. The Balaban J connectivity index is 2.08. The lowest BCUT2D eigenvalue weighted by molar-refractivity contribution is -0.119. The Hall–Kier alpha value is -3.30. The first kappa shape index (κ1) is 18.0. The number of rotatable bonds is 4. The summed E-state index contributed by atoms with van der Waals surface area (Å²) in [5.74, 6) is -4.62. The summed E-state index contributed by atoms with van der Waals surface area (Å²) < 4.78 is 33.2. The van der Waals surface area contributed by atoms with E-state index >= 15 is 0 Å². The SMILES string of the molecule is Cn1c(NC(=O)COC(=O)c2c(F)cccc2F)cc(=O)n(C)c1=O. The first-order valence-corrected chi connectivity index (χ1v) is 6.90. The molecule has 1 aromatic heterocycles. The third kappa shape index (κ3) is 3.79. The zero-order valence-corrected chi connectivity index (χ0v) is 13.2. The lowest BCUT2D eigenvalue weighted by atomic mass is 10.2. The summed E-state index contributed by atoms with van der Waals surface area (Å²) in [5.41, 5.74) is -2.24. The number of carbonyl (C=O) groups excluding carboxylic acids is 2. The van der Waals surface area contributed by atoms with E-state index in [0.29, 0.717) is 0 Å². The topological polar surface area (TPSA) is 99.4 Å². The van der Waals surface area contributed by atoms with Gasteiger partial charge in [-0.1, -0.05) is 6.07 Å². The van der Waals surface area contributed by atoms with Crippen molar-refractivity contribution in [2.75, 3.05) is 11.9 Å². The second-order valence-electron chi connectivity index (χ2n) is 4.99. The predicted octanol–water partition coefficient (Wildman–Crippen LogP) is 0.158. The van der Waals surface area contributed by atoms with Gasteiger partial charge in [-0.3, -0.25) is 18.7 Å². The molecule has 132 valence electrons. The third-order valence-electron chi connectivity index (χ3n) is 3.29. The van der Waals surface area contributed by atoms with Crippen molar-refractivity contribution in [3.05, 3.63) is 62.3 Å². The number of aromatic nitrogens is 2. The Morgan fingerprint density at radius 2 is 1.72 bits per heavy atom. The molecule has 0 saturated heterocycles. The van der Waals surface area contributed by atoms with E-state index in [4.69, 9.17) is 0 Å². The predicted molar refractivity (Wildman–Crippen MR) is 82.2 cm³/mol. The van der Waals surface area contributed by atoms with Crippen molar-refractivity contribution in [2.24, 2.45) is 14.1 Å². The number of anilines is 1. The summed E-state index contributed by atoms with van der Waals surface area (Å²) in [6.45, 7) is -0.865. The van der Waals surface area contributed by atoms with Gasteiger partial charge in [0.05, 0.1) is 0 Å². The maximum absolute atomic E-state index is 13.4. The van der Waals surface area contributed by atoms with Crippen LogP contribution in [0.15, 0.2) is 33.9 Å². The Kier molecular flexibility index (Phi) is 5.11. The monoisotopic (exact) mass is 353 g/mol. The zero-order valence-electron chi connectivity index (χ0n) is 13.2. The summed E-state index contributed by atoms with van der Waals surface area (Å²) in [5, 5.41) is 2.20. The Morgan fingerprint density at radius 3 is 2.32 bits per heavy atom. The maximum atomic E-state index is 13.4. The van der Waals surface area contributed by atoms with Crippen LogP contribution in [0.4, 0.5) is 14.6 Å². The second kappa shape index (κ2) is 7.07. The maximum Gasteiger partial charge on any atom is 0.344 e. The van der Waals surface area contributed by atoms with Gasteiger partial charge in [0.2, 0.25) is 0 Å². The smallest absolute Gasteiger partial charge is 0.344 e. The van der Waals surface area contributed by atoms with Gasteiger partial charge in [0.25, 0.3) is 11.5 Å². The van der Waals surface area contributed by atoms with Crippen molar-refractivity contribution in [2.45, 2.75) is 0 Å². The largest absolute Gasteiger partial charge is 0.452 e. The van der Waals surface area contributed by atoms with Crippen LogP contribution in [0.1, 0.15) is 10.4 Å². The van der Waals surface area contributed by atoms with Crippen LogP contribution in [-0.4, -0.2) is 27.6 Å². The molecule has 0 radical (unpaired) electrons. The highest BCUT2D eigenvalue weighted by atomic mass is 19.1. The molecule has 0 atom stereocenters. The Morgan fingerprint density at radius 1 is 1.12 bits per heavy atom. The molecule has 0 bridgehead atoms. The number of benzene rings is 1. The second-order valence-corrected chi connectivity index (χ2v) is 4.99. The van der Waals surface area contributed by atoms with Crippen LogP contribution in [0.3, 0.4) is 0 Å². The minimum atomic E-state index is -1.36. The number of esters is 1. The third-order valence-corrected chi connectivity index (χ3v) is 3.29. The van der Waals surface area contributed by atoms with E-state index in [1.807, 2.05) is 0 Å². The number of halogens is 2. The first-order chi connectivity index (χ1) is 11.7. The molecule has 1 amide bonds. The summed E-state index contributed by atoms with van der Waals surface area (Å²) in [4.78, 5) is 46.7. The van der Waals surface area contributed by atoms with Crippen molar-refractivity contribution in [1.82, 2.24) is 9.13 Å². The Labute approximate surface area is 139 Å². The van der Waals surface area contributed by atoms with Gasteiger partial charge in [-0.25, -0.2) is 18.4 Å². The number of ether oxygens (including phenoxy) is 1. The van der Waals surface area contributed by atoms with E-state index in [9.17, 15) is 28.0 Å². The van der Waals surface area contributed by atoms with Crippen LogP contribution in [0, 0.1) is 11.6 Å². The van der Waals surface area contributed by atoms with Crippen LogP contribution in [0.2, 0.25) is 0 Å². The van der Waals surface area contributed by atoms with Crippen molar-refractivity contribution in [3.8, 4) is 0 Å². The molecule has 1 N–H and O–H groups in total. The van der Waals surface area contributed by atoms with Gasteiger partial charge in [-0.05, 0) is 12.1 Å². The lowest BCUT2D eigenvalue weighted by Gasteiger charge is -2.11. The highest BCUT2D eigenvalue weighted by Crippen LogP contribution is 2.13. The molecule has 2 rings (SSSR count). The Bertz CT molecular complexity index is 944. The average Bonchev–Trinajstić information content (AvgIpc) is 2.55. The van der Waals surface area contributed by atoms with E-state index in [0.717, 1.165) is 33.4 Å². The number of amides is 1. The molecule has 2 aromatic rings. The highest BCUT2D eigenvalue weighted by molar-refractivity contribution is 5.95. The standard InChI is InChI=1S/C15H13F2N3O5/c1-19-10(6-12(22)20(2)15(19)24)18-11(21)7-25-14(23)13-8(16)4-3-5-9(13)17/h3-6H,7H2,1-2H3,(H,18,21). The minimum Gasteiger partial charge on any atom is -0.452 e. The molecule has 0 spiro atoms. The van der Waals surface area contributed by atoms with Crippen molar-refractivity contribution in [1.29, 1.82) is 0 Å². The molecule has 0 saturated carbocycles. The summed E-state index contributed by atoms with van der Waals surface area (Å²) in [6.07, 6.45) is 0. The molecule has 1 heterocycles. The number of nitrogens with one attached hydrogen (secondary N) is 1. The van der Waals surface area contributed by atoms with Gasteiger partial charge >= 0.3 is 11.7 Å². The van der Waals surface area contributed by atoms with Crippen LogP contribution in [0.25, 0.3) is 0 Å². The van der Waals surface area contributed by atoms with Gasteiger partial charge in [0, 0.05) is 20.2 Å². The van der Waals surface area contributed by atoms with Gasteiger partial charge in [-0.15, -0.1) is 0 Å². The van der Waals surface area contributed by atoms with Crippen LogP contribution in [-0.2, 0) is 23.6 Å². The van der Waals surface area contributed by atoms with Crippen LogP contribution < -0.4 is 16.6 Å². The molecular weight excluding hydrogens is 340 g/mol. The minimum absolute atomic E-state index is 0.119. The molecule has 25 heavy (non-hydrogen) atoms.